The first-order chi connectivity index (χ1) is 7.93. The molecule has 0 aromatic heterocycles. The van der Waals surface area contributed by atoms with Crippen LogP contribution in [0.4, 0.5) is 0 Å². The average molecular weight is 248 g/mol. The van der Waals surface area contributed by atoms with E-state index < -0.39 is 5.97 Å². The largest absolute Gasteiger partial charge is 0.481 e. The van der Waals surface area contributed by atoms with Crippen molar-refractivity contribution in [2.45, 2.75) is 40.0 Å². The summed E-state index contributed by atoms with van der Waals surface area (Å²) in [4.78, 5) is 30.6. The molecule has 0 aromatic carbocycles. The molecule has 17 heavy (non-hydrogen) atoms. The van der Waals surface area contributed by atoms with Crippen molar-refractivity contribution in [2.75, 3.05) is 13.2 Å². The van der Waals surface area contributed by atoms with Crippen molar-refractivity contribution in [3.63, 3.8) is 0 Å². The van der Waals surface area contributed by atoms with Gasteiger partial charge in [-0.25, -0.2) is 0 Å². The van der Waals surface area contributed by atoms with E-state index in [-0.39, 0.29) is 24.8 Å². The van der Waals surface area contributed by atoms with Gasteiger partial charge in [0, 0.05) is 19.8 Å². The third-order valence-corrected chi connectivity index (χ3v) is 1.37. The number of esters is 2. The molecule has 0 aliphatic heterocycles. The van der Waals surface area contributed by atoms with Crippen LogP contribution in [0.2, 0.25) is 0 Å². The van der Waals surface area contributed by atoms with E-state index in [9.17, 15) is 9.59 Å². The number of ether oxygens (including phenoxy) is 2. The Balaban J connectivity index is 0. The lowest BCUT2D eigenvalue weighted by atomic mass is 10.2. The van der Waals surface area contributed by atoms with Gasteiger partial charge in [0.1, 0.15) is 0 Å². The van der Waals surface area contributed by atoms with Crippen LogP contribution in [0.1, 0.15) is 40.0 Å². The first-order valence-electron chi connectivity index (χ1n) is 5.44. The number of carboxylic acids is 1. The lowest BCUT2D eigenvalue weighted by Crippen LogP contribution is -2.07. The van der Waals surface area contributed by atoms with E-state index in [1.54, 1.807) is 13.8 Å². The Bertz CT molecular complexity index is 214. The average Bonchev–Trinajstić information content (AvgIpc) is 2.17. The van der Waals surface area contributed by atoms with Crippen LogP contribution < -0.4 is 0 Å². The molecule has 0 aliphatic rings. The van der Waals surface area contributed by atoms with E-state index in [1.165, 1.54) is 0 Å². The summed E-state index contributed by atoms with van der Waals surface area (Å²) >= 11 is 0. The smallest absolute Gasteiger partial charge is 0.305 e. The first-order valence-corrected chi connectivity index (χ1v) is 5.44. The molecular weight excluding hydrogens is 228 g/mol. The molecule has 0 aliphatic carbocycles. The van der Waals surface area contributed by atoms with E-state index in [0.29, 0.717) is 19.6 Å². The molecule has 0 atom stereocenters. The van der Waals surface area contributed by atoms with Gasteiger partial charge in [0.25, 0.3) is 5.97 Å². The maximum atomic E-state index is 10.8. The van der Waals surface area contributed by atoms with Crippen LogP contribution in [-0.4, -0.2) is 36.2 Å². The summed E-state index contributed by atoms with van der Waals surface area (Å²) in [6.45, 7) is 5.36. The molecule has 0 fully saturated rings. The van der Waals surface area contributed by atoms with E-state index in [4.69, 9.17) is 19.4 Å². The van der Waals surface area contributed by atoms with Crippen molar-refractivity contribution in [2.24, 2.45) is 0 Å². The van der Waals surface area contributed by atoms with Gasteiger partial charge >= 0.3 is 11.9 Å². The highest BCUT2D eigenvalue weighted by Gasteiger charge is 2.05. The molecule has 0 saturated carbocycles. The highest BCUT2D eigenvalue weighted by atomic mass is 16.5. The Kier molecular flexibility index (Phi) is 13.1. The minimum atomic E-state index is -0.833. The zero-order valence-corrected chi connectivity index (χ0v) is 10.5. The Morgan fingerprint density at radius 2 is 1.24 bits per heavy atom. The van der Waals surface area contributed by atoms with E-state index in [1.807, 2.05) is 0 Å². The molecule has 0 spiro atoms. The molecule has 0 radical (unpaired) electrons. The fourth-order valence-corrected chi connectivity index (χ4v) is 0.843. The third kappa shape index (κ3) is 20.5. The number of carbonyl (C=O) groups is 3. The minimum Gasteiger partial charge on any atom is -0.481 e. The number of carbonyl (C=O) groups excluding carboxylic acids is 2. The summed E-state index contributed by atoms with van der Waals surface area (Å²) in [5.74, 6) is -1.35. The number of rotatable bonds is 6. The second kappa shape index (κ2) is 12.5. The Morgan fingerprint density at radius 1 is 0.941 bits per heavy atom. The van der Waals surface area contributed by atoms with Gasteiger partial charge in [-0.05, 0) is 20.3 Å². The molecule has 6 nitrogen and oxygen atoms in total. The number of hydrogen-bond donors (Lipinski definition) is 1. The molecule has 0 aromatic rings. The summed E-state index contributed by atoms with van der Waals surface area (Å²) < 4.78 is 9.39. The first kappa shape index (κ1) is 17.8. The van der Waals surface area contributed by atoms with Crippen LogP contribution in [0.5, 0.6) is 0 Å². The van der Waals surface area contributed by atoms with Crippen LogP contribution in [0.25, 0.3) is 0 Å². The van der Waals surface area contributed by atoms with Gasteiger partial charge in [0.15, 0.2) is 0 Å². The molecule has 6 heteroatoms. The van der Waals surface area contributed by atoms with Gasteiger partial charge in [-0.1, -0.05) is 0 Å². The highest BCUT2D eigenvalue weighted by Crippen LogP contribution is 1.99. The van der Waals surface area contributed by atoms with Crippen molar-refractivity contribution in [1.82, 2.24) is 0 Å². The van der Waals surface area contributed by atoms with E-state index in [2.05, 4.69) is 0 Å². The molecule has 0 heterocycles. The molecule has 0 saturated heterocycles. The highest BCUT2D eigenvalue weighted by molar-refractivity contribution is 5.72. The van der Waals surface area contributed by atoms with Gasteiger partial charge in [-0.2, -0.15) is 0 Å². The Morgan fingerprint density at radius 3 is 1.47 bits per heavy atom. The third-order valence-electron chi connectivity index (χ3n) is 1.37. The van der Waals surface area contributed by atoms with E-state index in [0.717, 1.165) is 6.92 Å². The second-order valence-corrected chi connectivity index (χ2v) is 2.98. The fourth-order valence-electron chi connectivity index (χ4n) is 0.843. The summed E-state index contributed by atoms with van der Waals surface area (Å²) in [6, 6.07) is 0. The SMILES string of the molecule is CC(=O)O.CCOC(=O)CCCC(=O)OCC. The van der Waals surface area contributed by atoms with Crippen LogP contribution in [-0.2, 0) is 23.9 Å². The van der Waals surface area contributed by atoms with E-state index >= 15 is 0 Å². The van der Waals surface area contributed by atoms with Crippen molar-refractivity contribution < 1.29 is 29.0 Å². The summed E-state index contributed by atoms with van der Waals surface area (Å²) in [5.41, 5.74) is 0. The predicted molar refractivity (Wildman–Crippen MR) is 60.4 cm³/mol. The maximum absolute atomic E-state index is 10.8. The van der Waals surface area contributed by atoms with Crippen molar-refractivity contribution in [3.8, 4) is 0 Å². The molecule has 100 valence electrons. The second-order valence-electron chi connectivity index (χ2n) is 2.98. The van der Waals surface area contributed by atoms with Gasteiger partial charge in [0.2, 0.25) is 0 Å². The number of carboxylic acid groups (broad SMARTS) is 1. The molecular formula is C11H20O6. The Hall–Kier alpha value is -1.59. The summed E-state index contributed by atoms with van der Waals surface area (Å²) in [6.07, 6.45) is 1.07. The van der Waals surface area contributed by atoms with Crippen molar-refractivity contribution in [3.05, 3.63) is 0 Å². The van der Waals surface area contributed by atoms with Crippen molar-refractivity contribution in [1.29, 1.82) is 0 Å². The molecule has 1 N–H and O–H groups in total. The van der Waals surface area contributed by atoms with Crippen LogP contribution in [0.3, 0.4) is 0 Å². The van der Waals surface area contributed by atoms with Crippen LogP contribution >= 0.6 is 0 Å². The number of hydrogen-bond acceptors (Lipinski definition) is 5. The predicted octanol–water partition coefficient (Wildman–Crippen LogP) is 1.37. The molecule has 0 rings (SSSR count). The monoisotopic (exact) mass is 248 g/mol. The maximum Gasteiger partial charge on any atom is 0.305 e. The normalized spacial score (nSPS) is 8.65. The lowest BCUT2D eigenvalue weighted by Gasteiger charge is -2.01. The quantitative estimate of drug-likeness (QED) is 0.714. The zero-order valence-electron chi connectivity index (χ0n) is 10.5. The van der Waals surface area contributed by atoms with Gasteiger partial charge in [-0.3, -0.25) is 14.4 Å². The summed E-state index contributed by atoms with van der Waals surface area (Å²) in [7, 11) is 0. The zero-order chi connectivity index (χ0) is 13.7. The minimum absolute atomic E-state index is 0.258. The lowest BCUT2D eigenvalue weighted by molar-refractivity contribution is -0.145. The molecule has 0 amide bonds. The van der Waals surface area contributed by atoms with Gasteiger partial charge in [-0.15, -0.1) is 0 Å². The molecule has 0 bridgehead atoms. The summed E-state index contributed by atoms with van der Waals surface area (Å²) in [5, 5.41) is 7.42. The standard InChI is InChI=1S/C9H16O4.C2H4O2/c1-3-12-8(10)6-5-7-9(11)13-4-2;1-2(3)4/h3-7H2,1-2H3;1H3,(H,3,4). The molecule has 0 unspecified atom stereocenters. The van der Waals surface area contributed by atoms with Crippen LogP contribution in [0, 0.1) is 0 Å². The number of aliphatic carboxylic acids is 1. The van der Waals surface area contributed by atoms with Crippen LogP contribution in [0.15, 0.2) is 0 Å². The van der Waals surface area contributed by atoms with Crippen molar-refractivity contribution >= 4 is 17.9 Å². The Labute approximate surface area is 101 Å². The fraction of sp³-hybridized carbons (Fsp3) is 0.727. The van der Waals surface area contributed by atoms with Gasteiger partial charge < -0.3 is 14.6 Å². The topological polar surface area (TPSA) is 89.9 Å². The van der Waals surface area contributed by atoms with Gasteiger partial charge in [0.05, 0.1) is 13.2 Å².